The van der Waals surface area contributed by atoms with Gasteiger partial charge in [-0.15, -0.1) is 10.2 Å². The molecule has 2 aromatic heterocycles. The van der Waals surface area contributed by atoms with Gasteiger partial charge in [0.15, 0.2) is 11.4 Å². The van der Waals surface area contributed by atoms with Gasteiger partial charge < -0.3 is 20.2 Å². The Bertz CT molecular complexity index is 1140. The molecule has 3 N–H and O–H groups in total. The van der Waals surface area contributed by atoms with E-state index in [-0.39, 0.29) is 12.3 Å². The molecule has 4 rings (SSSR count). The molecule has 0 aliphatic rings. The first-order valence-electron chi connectivity index (χ1n) is 8.67. The molecule has 0 saturated heterocycles. The van der Waals surface area contributed by atoms with Gasteiger partial charge in [-0.25, -0.2) is 0 Å². The first-order chi connectivity index (χ1) is 13.7. The second-order valence-electron chi connectivity index (χ2n) is 6.23. The molecule has 28 heavy (non-hydrogen) atoms. The van der Waals surface area contributed by atoms with Crippen molar-refractivity contribution in [3.8, 4) is 17.0 Å². The number of para-hydroxylation sites is 1. The fourth-order valence-electron chi connectivity index (χ4n) is 3.04. The summed E-state index contributed by atoms with van der Waals surface area (Å²) in [6.45, 7) is 0. The summed E-state index contributed by atoms with van der Waals surface area (Å²) in [6.07, 6.45) is 1.81. The lowest BCUT2D eigenvalue weighted by molar-refractivity contribution is -0.117. The van der Waals surface area contributed by atoms with E-state index in [1.807, 2.05) is 54.6 Å². The molecule has 2 heterocycles. The number of nitrogens with one attached hydrogen (secondary N) is 1. The number of furan rings is 1. The van der Waals surface area contributed by atoms with E-state index in [4.69, 9.17) is 14.9 Å². The highest BCUT2D eigenvalue weighted by molar-refractivity contribution is 5.98. The second kappa shape index (κ2) is 7.40. The van der Waals surface area contributed by atoms with Gasteiger partial charge >= 0.3 is 0 Å². The van der Waals surface area contributed by atoms with E-state index in [1.54, 1.807) is 13.4 Å². The van der Waals surface area contributed by atoms with Gasteiger partial charge in [0.1, 0.15) is 11.4 Å². The first-order valence-corrected chi connectivity index (χ1v) is 8.67. The number of hydrogen-bond acceptors (Lipinski definition) is 6. The second-order valence-corrected chi connectivity index (χ2v) is 6.23. The van der Waals surface area contributed by atoms with E-state index < -0.39 is 0 Å². The SMILES string of the molecule is COc1ccccc1-c1nnc(Nc2ccc(CC(N)=O)cc2)c2occc12. The number of ether oxygens (including phenoxy) is 1. The Morgan fingerprint density at radius 2 is 1.89 bits per heavy atom. The highest BCUT2D eigenvalue weighted by atomic mass is 16.5. The van der Waals surface area contributed by atoms with Crippen molar-refractivity contribution in [2.75, 3.05) is 12.4 Å². The third kappa shape index (κ3) is 3.37. The quantitative estimate of drug-likeness (QED) is 0.534. The van der Waals surface area contributed by atoms with Crippen molar-refractivity contribution >= 4 is 28.4 Å². The molecule has 0 radical (unpaired) electrons. The van der Waals surface area contributed by atoms with Crippen LogP contribution >= 0.6 is 0 Å². The minimum atomic E-state index is -0.365. The zero-order valence-electron chi connectivity index (χ0n) is 15.2. The van der Waals surface area contributed by atoms with Crippen LogP contribution in [0.3, 0.4) is 0 Å². The minimum Gasteiger partial charge on any atom is -0.496 e. The van der Waals surface area contributed by atoms with Crippen LogP contribution in [-0.2, 0) is 11.2 Å². The highest BCUT2D eigenvalue weighted by Gasteiger charge is 2.16. The molecule has 0 aliphatic heterocycles. The lowest BCUT2D eigenvalue weighted by Crippen LogP contribution is -2.13. The van der Waals surface area contributed by atoms with Crippen molar-refractivity contribution in [2.45, 2.75) is 6.42 Å². The number of fused-ring (bicyclic) bond motifs is 1. The molecule has 0 unspecified atom stereocenters. The number of aromatic nitrogens is 2. The highest BCUT2D eigenvalue weighted by Crippen LogP contribution is 2.36. The van der Waals surface area contributed by atoms with Gasteiger partial charge in [-0.2, -0.15) is 0 Å². The number of anilines is 2. The number of amides is 1. The molecule has 0 bridgehead atoms. The zero-order valence-corrected chi connectivity index (χ0v) is 15.2. The van der Waals surface area contributed by atoms with E-state index in [2.05, 4.69) is 15.5 Å². The van der Waals surface area contributed by atoms with Crippen LogP contribution in [0, 0.1) is 0 Å². The summed E-state index contributed by atoms with van der Waals surface area (Å²) in [4.78, 5) is 11.0. The maximum absolute atomic E-state index is 11.0. The van der Waals surface area contributed by atoms with Crippen molar-refractivity contribution in [3.05, 3.63) is 66.4 Å². The Labute approximate surface area is 161 Å². The maximum atomic E-state index is 11.0. The van der Waals surface area contributed by atoms with Crippen LogP contribution in [0.2, 0.25) is 0 Å². The lowest BCUT2D eigenvalue weighted by Gasteiger charge is -2.10. The summed E-state index contributed by atoms with van der Waals surface area (Å²) < 4.78 is 11.1. The van der Waals surface area contributed by atoms with Crippen molar-refractivity contribution < 1.29 is 13.9 Å². The monoisotopic (exact) mass is 374 g/mol. The molecule has 0 atom stereocenters. The molecule has 1 amide bonds. The Morgan fingerprint density at radius 3 is 2.64 bits per heavy atom. The fourth-order valence-corrected chi connectivity index (χ4v) is 3.04. The summed E-state index contributed by atoms with van der Waals surface area (Å²) in [5.74, 6) is 0.849. The molecule has 7 heteroatoms. The van der Waals surface area contributed by atoms with E-state index >= 15 is 0 Å². The van der Waals surface area contributed by atoms with E-state index in [0.717, 1.165) is 22.2 Å². The predicted molar refractivity (Wildman–Crippen MR) is 106 cm³/mol. The summed E-state index contributed by atoms with van der Waals surface area (Å²) in [6, 6.07) is 16.9. The molecule has 2 aromatic carbocycles. The van der Waals surface area contributed by atoms with E-state index in [0.29, 0.717) is 22.8 Å². The number of primary amides is 1. The van der Waals surface area contributed by atoms with Crippen LogP contribution in [0.15, 0.2) is 65.3 Å². The molecule has 0 saturated carbocycles. The van der Waals surface area contributed by atoms with Gasteiger partial charge in [0.25, 0.3) is 0 Å². The van der Waals surface area contributed by atoms with Gasteiger partial charge in [0, 0.05) is 11.3 Å². The van der Waals surface area contributed by atoms with Crippen LogP contribution in [0.25, 0.3) is 22.2 Å². The van der Waals surface area contributed by atoms with Gasteiger partial charge in [-0.3, -0.25) is 4.79 Å². The van der Waals surface area contributed by atoms with Crippen molar-refractivity contribution in [2.24, 2.45) is 5.73 Å². The van der Waals surface area contributed by atoms with Crippen molar-refractivity contribution in [3.63, 3.8) is 0 Å². The Hall–Kier alpha value is -3.87. The lowest BCUT2D eigenvalue weighted by atomic mass is 10.1. The number of nitrogens with zero attached hydrogens (tertiary/aromatic N) is 2. The number of hydrogen-bond donors (Lipinski definition) is 2. The number of methoxy groups -OCH3 is 1. The van der Waals surface area contributed by atoms with E-state index in [1.165, 1.54) is 0 Å². The van der Waals surface area contributed by atoms with Gasteiger partial charge in [-0.1, -0.05) is 24.3 Å². The normalized spacial score (nSPS) is 10.8. The third-order valence-electron chi connectivity index (χ3n) is 4.34. The molecule has 0 spiro atoms. The molecular weight excluding hydrogens is 356 g/mol. The van der Waals surface area contributed by atoms with Gasteiger partial charge in [-0.05, 0) is 35.9 Å². The van der Waals surface area contributed by atoms with Gasteiger partial charge in [0.05, 0.1) is 25.2 Å². The number of nitrogens with two attached hydrogens (primary N) is 1. The minimum absolute atomic E-state index is 0.204. The van der Waals surface area contributed by atoms with Crippen molar-refractivity contribution in [1.29, 1.82) is 0 Å². The Morgan fingerprint density at radius 1 is 1.11 bits per heavy atom. The molecule has 4 aromatic rings. The predicted octanol–water partition coefficient (Wildman–Crippen LogP) is 3.67. The molecule has 0 fully saturated rings. The number of carbonyl (C=O) groups is 1. The van der Waals surface area contributed by atoms with Crippen LogP contribution in [0.5, 0.6) is 5.75 Å². The van der Waals surface area contributed by atoms with Crippen LogP contribution in [0.1, 0.15) is 5.56 Å². The Kier molecular flexibility index (Phi) is 4.63. The smallest absolute Gasteiger partial charge is 0.221 e. The zero-order chi connectivity index (χ0) is 19.5. The largest absolute Gasteiger partial charge is 0.496 e. The fraction of sp³-hybridized carbons (Fsp3) is 0.0952. The summed E-state index contributed by atoms with van der Waals surface area (Å²) >= 11 is 0. The molecular formula is C21H18N4O3. The van der Waals surface area contributed by atoms with E-state index in [9.17, 15) is 4.79 Å². The number of carbonyl (C=O) groups excluding carboxylic acids is 1. The summed E-state index contributed by atoms with van der Waals surface area (Å²) in [5.41, 5.74) is 8.99. The first kappa shape index (κ1) is 17.5. The Balaban J connectivity index is 1.69. The average Bonchev–Trinajstić information content (AvgIpc) is 3.20. The van der Waals surface area contributed by atoms with Crippen LogP contribution < -0.4 is 15.8 Å². The van der Waals surface area contributed by atoms with Crippen molar-refractivity contribution in [1.82, 2.24) is 10.2 Å². The summed E-state index contributed by atoms with van der Waals surface area (Å²) in [7, 11) is 1.62. The van der Waals surface area contributed by atoms with Crippen LogP contribution in [-0.4, -0.2) is 23.2 Å². The topological polar surface area (TPSA) is 103 Å². The van der Waals surface area contributed by atoms with Gasteiger partial charge in [0.2, 0.25) is 5.91 Å². The summed E-state index contributed by atoms with van der Waals surface area (Å²) in [5, 5.41) is 12.7. The third-order valence-corrected chi connectivity index (χ3v) is 4.34. The average molecular weight is 374 g/mol. The molecule has 0 aliphatic carbocycles. The van der Waals surface area contributed by atoms with Crippen LogP contribution in [0.4, 0.5) is 11.5 Å². The number of rotatable bonds is 6. The molecule has 7 nitrogen and oxygen atoms in total. The standard InChI is InChI=1S/C21H18N4O3/c1-27-17-5-3-2-4-15(17)19-16-10-11-28-20(16)21(25-24-19)23-14-8-6-13(7-9-14)12-18(22)26/h2-11H,12H2,1H3,(H2,22,26)(H,23,25). The number of benzene rings is 2. The molecule has 140 valence electrons. The maximum Gasteiger partial charge on any atom is 0.221 e.